The SMILES string of the molecule is COc1cccc(-n2c(CN(C)Cc3cn(C)nc3C)nnc2SCC(C)C)c1. The molecule has 0 unspecified atom stereocenters. The zero-order chi connectivity index (χ0) is 21.0. The van der Waals surface area contributed by atoms with Gasteiger partial charge in [0.05, 0.1) is 25.0 Å². The van der Waals surface area contributed by atoms with E-state index in [9.17, 15) is 0 Å². The van der Waals surface area contributed by atoms with Gasteiger partial charge < -0.3 is 4.74 Å². The molecule has 3 aromatic rings. The van der Waals surface area contributed by atoms with Gasteiger partial charge in [-0.2, -0.15) is 5.10 Å². The largest absolute Gasteiger partial charge is 0.497 e. The van der Waals surface area contributed by atoms with Crippen LogP contribution in [0.4, 0.5) is 0 Å². The molecule has 7 nitrogen and oxygen atoms in total. The van der Waals surface area contributed by atoms with Crippen molar-refractivity contribution in [2.24, 2.45) is 13.0 Å². The number of ether oxygens (including phenoxy) is 1. The highest BCUT2D eigenvalue weighted by atomic mass is 32.2. The minimum Gasteiger partial charge on any atom is -0.497 e. The molecule has 3 rings (SSSR count). The van der Waals surface area contributed by atoms with Gasteiger partial charge in [-0.25, -0.2) is 0 Å². The number of nitrogens with zero attached hydrogens (tertiary/aromatic N) is 6. The maximum atomic E-state index is 5.43. The first-order valence-corrected chi connectivity index (χ1v) is 10.7. The summed E-state index contributed by atoms with van der Waals surface area (Å²) in [6.07, 6.45) is 2.07. The number of benzene rings is 1. The van der Waals surface area contributed by atoms with Gasteiger partial charge in [-0.3, -0.25) is 14.1 Å². The third kappa shape index (κ3) is 5.39. The van der Waals surface area contributed by atoms with Crippen molar-refractivity contribution in [3.05, 3.63) is 47.5 Å². The molecule has 0 N–H and O–H groups in total. The van der Waals surface area contributed by atoms with E-state index in [1.807, 2.05) is 36.9 Å². The molecule has 0 aliphatic rings. The van der Waals surface area contributed by atoms with E-state index in [0.717, 1.165) is 40.4 Å². The number of aryl methyl sites for hydroxylation is 2. The molecule has 0 saturated carbocycles. The molecular weight excluding hydrogens is 384 g/mol. The van der Waals surface area contributed by atoms with Gasteiger partial charge in [0.25, 0.3) is 0 Å². The summed E-state index contributed by atoms with van der Waals surface area (Å²) in [6.45, 7) is 7.96. The van der Waals surface area contributed by atoms with Gasteiger partial charge in [-0.1, -0.05) is 31.7 Å². The second kappa shape index (κ2) is 9.45. The lowest BCUT2D eigenvalue weighted by molar-refractivity contribution is 0.307. The highest BCUT2D eigenvalue weighted by Crippen LogP contribution is 2.26. The first-order chi connectivity index (χ1) is 13.9. The molecule has 156 valence electrons. The highest BCUT2D eigenvalue weighted by molar-refractivity contribution is 7.99. The highest BCUT2D eigenvalue weighted by Gasteiger charge is 2.18. The van der Waals surface area contributed by atoms with E-state index in [1.54, 1.807) is 18.9 Å². The van der Waals surface area contributed by atoms with E-state index in [0.29, 0.717) is 12.5 Å². The number of hydrogen-bond donors (Lipinski definition) is 0. The lowest BCUT2D eigenvalue weighted by Gasteiger charge is -2.17. The molecular formula is C21H30N6OS. The van der Waals surface area contributed by atoms with Crippen LogP contribution >= 0.6 is 11.8 Å². The number of methoxy groups -OCH3 is 1. The summed E-state index contributed by atoms with van der Waals surface area (Å²) in [4.78, 5) is 2.24. The second-order valence-electron chi connectivity index (χ2n) is 7.73. The van der Waals surface area contributed by atoms with E-state index < -0.39 is 0 Å². The van der Waals surface area contributed by atoms with Gasteiger partial charge >= 0.3 is 0 Å². The molecule has 8 heteroatoms. The van der Waals surface area contributed by atoms with Crippen molar-refractivity contribution in [2.75, 3.05) is 19.9 Å². The number of rotatable bonds is 9. The van der Waals surface area contributed by atoms with Crippen molar-refractivity contribution in [1.29, 1.82) is 0 Å². The molecule has 0 aliphatic heterocycles. The van der Waals surface area contributed by atoms with Crippen molar-refractivity contribution in [3.8, 4) is 11.4 Å². The average Bonchev–Trinajstić information content (AvgIpc) is 3.22. The Kier molecular flexibility index (Phi) is 6.97. The van der Waals surface area contributed by atoms with Crippen molar-refractivity contribution in [2.45, 2.75) is 39.0 Å². The fourth-order valence-corrected chi connectivity index (χ4v) is 4.06. The van der Waals surface area contributed by atoms with E-state index in [4.69, 9.17) is 4.74 Å². The Hall–Kier alpha value is -2.32. The Morgan fingerprint density at radius 2 is 2.00 bits per heavy atom. The summed E-state index contributed by atoms with van der Waals surface area (Å²) in [5, 5.41) is 14.4. The van der Waals surface area contributed by atoms with Crippen LogP contribution in [0.5, 0.6) is 5.75 Å². The van der Waals surface area contributed by atoms with E-state index in [-0.39, 0.29) is 0 Å². The monoisotopic (exact) mass is 414 g/mol. The van der Waals surface area contributed by atoms with Crippen molar-refractivity contribution in [3.63, 3.8) is 0 Å². The quantitative estimate of drug-likeness (QED) is 0.498. The van der Waals surface area contributed by atoms with Crippen LogP contribution in [0.25, 0.3) is 5.69 Å². The third-order valence-electron chi connectivity index (χ3n) is 4.52. The fraction of sp³-hybridized carbons (Fsp3) is 0.476. The Labute approximate surface area is 177 Å². The lowest BCUT2D eigenvalue weighted by atomic mass is 10.2. The Bertz CT molecular complexity index is 949. The normalized spacial score (nSPS) is 11.6. The molecule has 0 amide bonds. The van der Waals surface area contributed by atoms with Crippen LogP contribution in [0.3, 0.4) is 0 Å². The molecule has 0 radical (unpaired) electrons. The van der Waals surface area contributed by atoms with Crippen molar-refractivity contribution >= 4 is 11.8 Å². The van der Waals surface area contributed by atoms with Crippen LogP contribution in [0.15, 0.2) is 35.6 Å². The summed E-state index contributed by atoms with van der Waals surface area (Å²) < 4.78 is 9.43. The predicted molar refractivity (Wildman–Crippen MR) is 117 cm³/mol. The Morgan fingerprint density at radius 3 is 2.66 bits per heavy atom. The first-order valence-electron chi connectivity index (χ1n) is 9.76. The van der Waals surface area contributed by atoms with Crippen LogP contribution in [0.2, 0.25) is 0 Å². The Balaban J connectivity index is 1.87. The van der Waals surface area contributed by atoms with Crippen LogP contribution in [-0.4, -0.2) is 49.4 Å². The van der Waals surface area contributed by atoms with Gasteiger partial charge in [0.15, 0.2) is 11.0 Å². The zero-order valence-electron chi connectivity index (χ0n) is 18.1. The summed E-state index contributed by atoms with van der Waals surface area (Å²) in [5.41, 5.74) is 3.29. The van der Waals surface area contributed by atoms with Gasteiger partial charge in [-0.15, -0.1) is 10.2 Å². The maximum absolute atomic E-state index is 5.43. The first kappa shape index (κ1) is 21.4. The molecule has 0 bridgehead atoms. The molecule has 0 saturated heterocycles. The van der Waals surface area contributed by atoms with Gasteiger partial charge in [0.2, 0.25) is 0 Å². The topological polar surface area (TPSA) is 61.0 Å². The molecule has 0 fully saturated rings. The van der Waals surface area contributed by atoms with Crippen LogP contribution in [0.1, 0.15) is 30.9 Å². The predicted octanol–water partition coefficient (Wildman–Crippen LogP) is 3.70. The standard InChI is InChI=1S/C21H30N6OS/c1-15(2)14-29-21-23-22-20(27(21)18-8-7-9-19(10-18)28-6)13-25(4)11-17-12-26(5)24-16(17)3/h7-10,12,15H,11,13-14H2,1-6H3. The van der Waals surface area contributed by atoms with E-state index >= 15 is 0 Å². The number of hydrogen-bond acceptors (Lipinski definition) is 6. The minimum absolute atomic E-state index is 0.579. The van der Waals surface area contributed by atoms with Crippen LogP contribution < -0.4 is 4.74 Å². The molecule has 0 atom stereocenters. The van der Waals surface area contributed by atoms with Crippen molar-refractivity contribution < 1.29 is 4.74 Å². The zero-order valence-corrected chi connectivity index (χ0v) is 18.9. The van der Waals surface area contributed by atoms with Gasteiger partial charge in [-0.05, 0) is 32.0 Å². The smallest absolute Gasteiger partial charge is 0.195 e. The van der Waals surface area contributed by atoms with Crippen molar-refractivity contribution in [1.82, 2.24) is 29.4 Å². The third-order valence-corrected chi connectivity index (χ3v) is 5.88. The fourth-order valence-electron chi connectivity index (χ4n) is 3.14. The summed E-state index contributed by atoms with van der Waals surface area (Å²) in [6, 6.07) is 8.04. The maximum Gasteiger partial charge on any atom is 0.195 e. The molecule has 29 heavy (non-hydrogen) atoms. The van der Waals surface area contributed by atoms with Gasteiger partial charge in [0, 0.05) is 37.2 Å². The summed E-state index contributed by atoms with van der Waals surface area (Å²) >= 11 is 1.74. The van der Waals surface area contributed by atoms with E-state index in [1.165, 1.54) is 5.56 Å². The molecule has 0 aliphatic carbocycles. The summed E-state index contributed by atoms with van der Waals surface area (Å²) in [7, 11) is 5.73. The molecule has 1 aromatic carbocycles. The van der Waals surface area contributed by atoms with Gasteiger partial charge in [0.1, 0.15) is 5.75 Å². The van der Waals surface area contributed by atoms with Crippen LogP contribution in [0, 0.1) is 12.8 Å². The number of aromatic nitrogens is 5. The number of thioether (sulfide) groups is 1. The van der Waals surface area contributed by atoms with E-state index in [2.05, 4.69) is 57.9 Å². The lowest BCUT2D eigenvalue weighted by Crippen LogP contribution is -2.20. The molecule has 2 heterocycles. The second-order valence-corrected chi connectivity index (χ2v) is 8.71. The summed E-state index contributed by atoms with van der Waals surface area (Å²) in [5.74, 6) is 3.30. The average molecular weight is 415 g/mol. The molecule has 0 spiro atoms. The Morgan fingerprint density at radius 1 is 1.21 bits per heavy atom. The molecule has 2 aromatic heterocycles. The minimum atomic E-state index is 0.579. The van der Waals surface area contributed by atoms with Crippen LogP contribution in [-0.2, 0) is 20.1 Å².